The van der Waals surface area contributed by atoms with Gasteiger partial charge in [0.05, 0.1) is 23.9 Å². The van der Waals surface area contributed by atoms with Gasteiger partial charge in [-0.25, -0.2) is 0 Å². The average Bonchev–Trinajstić information content (AvgIpc) is 1.92. The summed E-state index contributed by atoms with van der Waals surface area (Å²) in [5, 5.41) is 0. The maximum Gasteiger partial charge on any atom is 0.413 e. The fourth-order valence-corrected chi connectivity index (χ4v) is 1.40. The molecule has 4 heteroatoms. The van der Waals surface area contributed by atoms with E-state index in [4.69, 9.17) is 18.9 Å². The van der Waals surface area contributed by atoms with Crippen LogP contribution in [0.15, 0.2) is 0 Å². The topological polar surface area (TPSA) is 36.9 Å². The zero-order valence-corrected chi connectivity index (χ0v) is 13.4. The molecule has 0 spiro atoms. The maximum absolute atomic E-state index is 5.89. The molecule has 18 heavy (non-hydrogen) atoms. The third-order valence-electron chi connectivity index (χ3n) is 1.57. The minimum atomic E-state index is -1.45. The molecular formula is C14H30O4. The quantitative estimate of drug-likeness (QED) is 0.656. The van der Waals surface area contributed by atoms with Crippen molar-refractivity contribution in [1.82, 2.24) is 0 Å². The predicted molar refractivity (Wildman–Crippen MR) is 72.2 cm³/mol. The van der Waals surface area contributed by atoms with Crippen molar-refractivity contribution in [3.8, 4) is 0 Å². The second-order valence-corrected chi connectivity index (χ2v) is 6.21. The Morgan fingerprint density at radius 1 is 0.611 bits per heavy atom. The van der Waals surface area contributed by atoms with Crippen molar-refractivity contribution in [3.63, 3.8) is 0 Å². The van der Waals surface area contributed by atoms with Crippen molar-refractivity contribution in [1.29, 1.82) is 0 Å². The van der Waals surface area contributed by atoms with Crippen molar-refractivity contribution in [3.05, 3.63) is 0 Å². The summed E-state index contributed by atoms with van der Waals surface area (Å²) in [7, 11) is 0. The second-order valence-electron chi connectivity index (χ2n) is 6.21. The summed E-state index contributed by atoms with van der Waals surface area (Å²) in [6, 6.07) is 0. The van der Waals surface area contributed by atoms with Gasteiger partial charge >= 0.3 is 6.16 Å². The van der Waals surface area contributed by atoms with Gasteiger partial charge in [-0.15, -0.1) is 0 Å². The van der Waals surface area contributed by atoms with E-state index in [0.29, 0.717) is 0 Å². The molecule has 0 aromatic rings. The molecule has 0 aliphatic carbocycles. The Bertz CT molecular complexity index is 202. The van der Waals surface area contributed by atoms with E-state index in [-0.39, 0.29) is 18.3 Å². The van der Waals surface area contributed by atoms with Crippen LogP contribution >= 0.6 is 0 Å². The summed E-state index contributed by atoms with van der Waals surface area (Å²) >= 11 is 0. The fraction of sp³-hybridized carbons (Fsp3) is 1.00. The SMILES string of the molecule is CC(C)OC(OC(C)C)(OC(C)C)OC(C)(C)C. The van der Waals surface area contributed by atoms with Crippen LogP contribution in [0.4, 0.5) is 0 Å². The molecular weight excluding hydrogens is 232 g/mol. The van der Waals surface area contributed by atoms with Gasteiger partial charge in [0.1, 0.15) is 0 Å². The molecule has 0 saturated heterocycles. The predicted octanol–water partition coefficient (Wildman–Crippen LogP) is 3.69. The lowest BCUT2D eigenvalue weighted by Gasteiger charge is -2.40. The Balaban J connectivity index is 5.10. The highest BCUT2D eigenvalue weighted by Gasteiger charge is 2.42. The van der Waals surface area contributed by atoms with Crippen molar-refractivity contribution in [2.45, 2.75) is 92.4 Å². The molecule has 0 atom stereocenters. The molecule has 0 unspecified atom stereocenters. The number of hydrogen-bond acceptors (Lipinski definition) is 4. The van der Waals surface area contributed by atoms with Gasteiger partial charge < -0.3 is 14.2 Å². The van der Waals surface area contributed by atoms with Gasteiger partial charge in [-0.3, -0.25) is 4.74 Å². The average molecular weight is 262 g/mol. The molecule has 0 heterocycles. The van der Waals surface area contributed by atoms with Crippen molar-refractivity contribution in [2.24, 2.45) is 0 Å². The molecule has 0 amide bonds. The zero-order chi connectivity index (χ0) is 14.6. The highest BCUT2D eigenvalue weighted by Crippen LogP contribution is 2.29. The van der Waals surface area contributed by atoms with Crippen molar-refractivity contribution < 1.29 is 18.9 Å². The molecule has 0 fully saturated rings. The number of ether oxygens (including phenoxy) is 4. The lowest BCUT2D eigenvalue weighted by molar-refractivity contribution is -0.535. The summed E-state index contributed by atoms with van der Waals surface area (Å²) < 4.78 is 23.2. The summed E-state index contributed by atoms with van der Waals surface area (Å²) in [5.74, 6) is 0. The minimum Gasteiger partial charge on any atom is -0.300 e. The highest BCUT2D eigenvalue weighted by molar-refractivity contribution is 4.63. The Kier molecular flexibility index (Phi) is 6.79. The van der Waals surface area contributed by atoms with Crippen molar-refractivity contribution >= 4 is 0 Å². The van der Waals surface area contributed by atoms with E-state index < -0.39 is 11.8 Å². The summed E-state index contributed by atoms with van der Waals surface area (Å²) in [4.78, 5) is 0. The molecule has 0 radical (unpaired) electrons. The molecule has 0 aromatic carbocycles. The lowest BCUT2D eigenvalue weighted by Crippen LogP contribution is -2.51. The first kappa shape index (κ1) is 17.8. The smallest absolute Gasteiger partial charge is 0.300 e. The number of rotatable bonds is 7. The van der Waals surface area contributed by atoms with Crippen LogP contribution in [0.5, 0.6) is 0 Å². The van der Waals surface area contributed by atoms with E-state index in [2.05, 4.69) is 0 Å². The van der Waals surface area contributed by atoms with Crippen LogP contribution in [0, 0.1) is 0 Å². The van der Waals surface area contributed by atoms with E-state index in [1.807, 2.05) is 62.3 Å². The monoisotopic (exact) mass is 262 g/mol. The van der Waals surface area contributed by atoms with Crippen LogP contribution in [0.1, 0.15) is 62.3 Å². The van der Waals surface area contributed by atoms with Crippen LogP contribution < -0.4 is 0 Å². The van der Waals surface area contributed by atoms with Gasteiger partial charge in [0, 0.05) is 0 Å². The van der Waals surface area contributed by atoms with Gasteiger partial charge in [0.15, 0.2) is 0 Å². The Morgan fingerprint density at radius 2 is 0.889 bits per heavy atom. The largest absolute Gasteiger partial charge is 0.413 e. The number of hydrogen-bond donors (Lipinski definition) is 0. The van der Waals surface area contributed by atoms with E-state index >= 15 is 0 Å². The third-order valence-corrected chi connectivity index (χ3v) is 1.57. The third kappa shape index (κ3) is 8.03. The van der Waals surface area contributed by atoms with Crippen LogP contribution in [-0.4, -0.2) is 30.1 Å². The molecule has 0 aromatic heterocycles. The van der Waals surface area contributed by atoms with Crippen LogP contribution in [-0.2, 0) is 18.9 Å². The summed E-state index contributed by atoms with van der Waals surface area (Å²) in [6.45, 7) is 17.4. The maximum atomic E-state index is 5.89. The zero-order valence-electron chi connectivity index (χ0n) is 13.4. The molecule has 0 saturated carbocycles. The Labute approximate surface area is 112 Å². The molecule has 0 rings (SSSR count). The van der Waals surface area contributed by atoms with Gasteiger partial charge in [-0.05, 0) is 62.3 Å². The molecule has 110 valence electrons. The van der Waals surface area contributed by atoms with Gasteiger partial charge in [0.25, 0.3) is 0 Å². The van der Waals surface area contributed by atoms with Gasteiger partial charge in [-0.1, -0.05) is 0 Å². The Morgan fingerprint density at radius 3 is 1.06 bits per heavy atom. The van der Waals surface area contributed by atoms with E-state index in [1.54, 1.807) is 0 Å². The highest BCUT2D eigenvalue weighted by atomic mass is 17.0. The summed E-state index contributed by atoms with van der Waals surface area (Å²) in [5.41, 5.74) is -0.432. The van der Waals surface area contributed by atoms with Gasteiger partial charge in [-0.2, -0.15) is 0 Å². The van der Waals surface area contributed by atoms with E-state index in [1.165, 1.54) is 0 Å². The van der Waals surface area contributed by atoms with Crippen LogP contribution in [0.25, 0.3) is 0 Å². The molecule has 0 aliphatic heterocycles. The van der Waals surface area contributed by atoms with Crippen LogP contribution in [0.2, 0.25) is 0 Å². The van der Waals surface area contributed by atoms with Crippen LogP contribution in [0.3, 0.4) is 0 Å². The fourth-order valence-electron chi connectivity index (χ4n) is 1.40. The standard InChI is InChI=1S/C14H30O4/c1-10(2)15-14(16-11(3)4,17-12(5)6)18-13(7,8)9/h10-12H,1-9H3. The molecule has 4 nitrogen and oxygen atoms in total. The first-order valence-corrected chi connectivity index (χ1v) is 6.69. The summed E-state index contributed by atoms with van der Waals surface area (Å²) in [6.07, 6.45) is -1.64. The lowest BCUT2D eigenvalue weighted by atomic mass is 10.2. The van der Waals surface area contributed by atoms with E-state index in [9.17, 15) is 0 Å². The molecule has 0 bridgehead atoms. The second kappa shape index (κ2) is 6.85. The van der Waals surface area contributed by atoms with Gasteiger partial charge in [0.2, 0.25) is 0 Å². The first-order valence-electron chi connectivity index (χ1n) is 6.69. The van der Waals surface area contributed by atoms with E-state index in [0.717, 1.165) is 0 Å². The first-order chi connectivity index (χ1) is 7.96. The normalized spacial score (nSPS) is 14.0. The Hall–Kier alpha value is -0.160. The van der Waals surface area contributed by atoms with Crippen molar-refractivity contribution in [2.75, 3.05) is 0 Å². The molecule has 0 aliphatic rings. The minimum absolute atomic E-state index is 0.0650. The molecule has 0 N–H and O–H groups in total.